The van der Waals surface area contributed by atoms with Gasteiger partial charge < -0.3 is 0 Å². The third kappa shape index (κ3) is 6.15. The van der Waals surface area contributed by atoms with E-state index in [2.05, 4.69) is 24.1 Å². The number of nitrogens with zero attached hydrogens (tertiary/aromatic N) is 4. The SMILES string of the molecule is CCCCCCN1N=C(C)[C@@H](C(=O)c2ccc(C(=O)[C@H]3C(=O)N(CCCCCC)N=C3C)cc2)C1=O. The smallest absolute Gasteiger partial charge is 0.259 e. The van der Waals surface area contributed by atoms with E-state index < -0.39 is 11.8 Å². The van der Waals surface area contributed by atoms with E-state index in [1.807, 2.05) is 0 Å². The largest absolute Gasteiger partial charge is 0.293 e. The summed E-state index contributed by atoms with van der Waals surface area (Å²) in [6, 6.07) is 6.20. The van der Waals surface area contributed by atoms with Crippen molar-refractivity contribution in [2.45, 2.75) is 79.1 Å². The molecule has 8 heteroatoms. The molecule has 194 valence electrons. The number of hydrazone groups is 2. The lowest BCUT2D eigenvalue weighted by Crippen LogP contribution is -2.34. The van der Waals surface area contributed by atoms with Gasteiger partial charge in [0, 0.05) is 24.2 Å². The monoisotopic (exact) mass is 494 g/mol. The Hall–Kier alpha value is -3.16. The lowest BCUT2D eigenvalue weighted by Gasteiger charge is -2.15. The van der Waals surface area contributed by atoms with Gasteiger partial charge in [-0.25, -0.2) is 10.0 Å². The Labute approximate surface area is 213 Å². The molecule has 0 aromatic heterocycles. The van der Waals surface area contributed by atoms with Gasteiger partial charge in [0.15, 0.2) is 11.6 Å². The summed E-state index contributed by atoms with van der Waals surface area (Å²) in [6.45, 7) is 8.68. The second-order valence-electron chi connectivity index (χ2n) is 9.70. The Morgan fingerprint density at radius 1 is 0.667 bits per heavy atom. The molecule has 3 rings (SSSR count). The zero-order valence-corrected chi connectivity index (χ0v) is 22.0. The normalized spacial score (nSPS) is 19.7. The average Bonchev–Trinajstić information content (AvgIpc) is 3.31. The molecule has 2 aliphatic rings. The molecule has 0 fully saturated rings. The van der Waals surface area contributed by atoms with Crippen LogP contribution in [0.15, 0.2) is 34.5 Å². The van der Waals surface area contributed by atoms with E-state index in [9.17, 15) is 19.2 Å². The lowest BCUT2D eigenvalue weighted by molar-refractivity contribution is -0.131. The molecule has 0 radical (unpaired) electrons. The highest BCUT2D eigenvalue weighted by molar-refractivity contribution is 6.28. The Morgan fingerprint density at radius 3 is 1.36 bits per heavy atom. The molecule has 0 bridgehead atoms. The minimum atomic E-state index is -0.926. The Balaban J connectivity index is 1.62. The van der Waals surface area contributed by atoms with Crippen molar-refractivity contribution in [1.29, 1.82) is 0 Å². The number of hydrogen-bond acceptors (Lipinski definition) is 6. The first-order valence-corrected chi connectivity index (χ1v) is 13.2. The van der Waals surface area contributed by atoms with E-state index in [-0.39, 0.29) is 23.4 Å². The maximum absolute atomic E-state index is 13.1. The number of rotatable bonds is 14. The van der Waals surface area contributed by atoms with Crippen LogP contribution >= 0.6 is 0 Å². The third-order valence-corrected chi connectivity index (χ3v) is 6.82. The first kappa shape index (κ1) is 27.4. The van der Waals surface area contributed by atoms with Crippen molar-refractivity contribution in [3.63, 3.8) is 0 Å². The molecular weight excluding hydrogens is 456 g/mol. The van der Waals surface area contributed by atoms with Crippen molar-refractivity contribution in [2.24, 2.45) is 22.0 Å². The summed E-state index contributed by atoms with van der Waals surface area (Å²) in [5.74, 6) is -3.10. The van der Waals surface area contributed by atoms with E-state index in [0.29, 0.717) is 35.6 Å². The van der Waals surface area contributed by atoms with Gasteiger partial charge in [0.25, 0.3) is 11.8 Å². The molecule has 2 atom stereocenters. The van der Waals surface area contributed by atoms with Crippen molar-refractivity contribution in [2.75, 3.05) is 13.1 Å². The van der Waals surface area contributed by atoms with Gasteiger partial charge in [-0.3, -0.25) is 19.2 Å². The highest BCUT2D eigenvalue weighted by atomic mass is 16.2. The van der Waals surface area contributed by atoms with Crippen LogP contribution in [0, 0.1) is 11.8 Å². The van der Waals surface area contributed by atoms with Crippen LogP contribution < -0.4 is 0 Å². The number of amides is 2. The van der Waals surface area contributed by atoms with Crippen molar-refractivity contribution in [3.05, 3.63) is 35.4 Å². The van der Waals surface area contributed by atoms with Crippen LogP contribution in [0.5, 0.6) is 0 Å². The summed E-state index contributed by atoms with van der Waals surface area (Å²) in [7, 11) is 0. The van der Waals surface area contributed by atoms with Crippen molar-refractivity contribution in [1.82, 2.24) is 10.0 Å². The fourth-order valence-corrected chi connectivity index (χ4v) is 4.68. The minimum absolute atomic E-state index is 0.295. The molecule has 1 aromatic rings. The molecule has 2 heterocycles. The fourth-order valence-electron chi connectivity index (χ4n) is 4.68. The number of Topliss-reactive ketones (excluding diaryl/α,β-unsaturated/α-hetero) is 2. The van der Waals surface area contributed by atoms with Crippen LogP contribution in [0.2, 0.25) is 0 Å². The minimum Gasteiger partial charge on any atom is -0.293 e. The summed E-state index contributed by atoms with van der Waals surface area (Å²) in [6.07, 6.45) is 8.17. The molecular formula is C28H38N4O4. The van der Waals surface area contributed by atoms with Gasteiger partial charge in [0.1, 0.15) is 11.8 Å². The van der Waals surface area contributed by atoms with Crippen LogP contribution in [0.4, 0.5) is 0 Å². The van der Waals surface area contributed by atoms with E-state index in [0.717, 1.165) is 51.4 Å². The number of ketones is 2. The summed E-state index contributed by atoms with van der Waals surface area (Å²) < 4.78 is 0. The average molecular weight is 495 g/mol. The molecule has 8 nitrogen and oxygen atoms in total. The quantitative estimate of drug-likeness (QED) is 0.209. The second kappa shape index (κ2) is 12.7. The topological polar surface area (TPSA) is 99.5 Å². The maximum Gasteiger partial charge on any atom is 0.259 e. The Kier molecular flexibility index (Phi) is 9.67. The molecule has 0 N–H and O–H groups in total. The molecule has 2 amide bonds. The molecule has 1 aromatic carbocycles. The van der Waals surface area contributed by atoms with Gasteiger partial charge in [-0.1, -0.05) is 76.6 Å². The molecule has 0 saturated heterocycles. The van der Waals surface area contributed by atoms with Crippen LogP contribution in [-0.4, -0.2) is 57.9 Å². The van der Waals surface area contributed by atoms with Crippen LogP contribution in [0.1, 0.15) is 99.8 Å². The number of benzene rings is 1. The Bertz CT molecular complexity index is 961. The number of unbranched alkanes of at least 4 members (excludes halogenated alkanes) is 6. The molecule has 0 aliphatic carbocycles. The standard InChI is InChI=1S/C28H38N4O4/c1-5-7-9-11-17-31-27(35)23(19(3)29-31)25(33)21-13-15-22(16-14-21)26(34)24-20(4)30-32(28(24)36)18-12-10-8-6-2/h13-16,23-24H,5-12,17-18H2,1-4H3/t23-,24-/m0/s1. The van der Waals surface area contributed by atoms with Crippen LogP contribution in [-0.2, 0) is 9.59 Å². The van der Waals surface area contributed by atoms with E-state index >= 15 is 0 Å². The lowest BCUT2D eigenvalue weighted by atomic mass is 9.90. The first-order valence-electron chi connectivity index (χ1n) is 13.2. The highest BCUT2D eigenvalue weighted by Crippen LogP contribution is 2.24. The summed E-state index contributed by atoms with van der Waals surface area (Å²) >= 11 is 0. The maximum atomic E-state index is 13.1. The Morgan fingerprint density at radius 2 is 1.03 bits per heavy atom. The van der Waals surface area contributed by atoms with Crippen LogP contribution in [0.3, 0.4) is 0 Å². The van der Waals surface area contributed by atoms with Crippen molar-refractivity contribution in [3.8, 4) is 0 Å². The number of carbonyl (C=O) groups excluding carboxylic acids is 4. The van der Waals surface area contributed by atoms with E-state index in [1.165, 1.54) is 10.0 Å². The van der Waals surface area contributed by atoms with Crippen molar-refractivity contribution >= 4 is 34.8 Å². The van der Waals surface area contributed by atoms with Gasteiger partial charge in [-0.2, -0.15) is 10.2 Å². The number of carbonyl (C=O) groups is 4. The van der Waals surface area contributed by atoms with Crippen LogP contribution in [0.25, 0.3) is 0 Å². The first-order chi connectivity index (χ1) is 17.3. The predicted octanol–water partition coefficient (Wildman–Crippen LogP) is 4.88. The molecule has 0 unspecified atom stereocenters. The van der Waals surface area contributed by atoms with Gasteiger partial charge in [-0.05, 0) is 26.7 Å². The van der Waals surface area contributed by atoms with Gasteiger partial charge in [0.05, 0.1) is 11.4 Å². The molecule has 0 spiro atoms. The zero-order chi connectivity index (χ0) is 26.2. The highest BCUT2D eigenvalue weighted by Gasteiger charge is 2.40. The second-order valence-corrected chi connectivity index (χ2v) is 9.70. The zero-order valence-electron chi connectivity index (χ0n) is 22.0. The van der Waals surface area contributed by atoms with Crippen molar-refractivity contribution < 1.29 is 19.2 Å². The van der Waals surface area contributed by atoms with Gasteiger partial charge in [-0.15, -0.1) is 0 Å². The predicted molar refractivity (Wildman–Crippen MR) is 140 cm³/mol. The van der Waals surface area contributed by atoms with E-state index in [1.54, 1.807) is 38.1 Å². The summed E-state index contributed by atoms with van der Waals surface area (Å²) in [5, 5.41) is 11.5. The molecule has 36 heavy (non-hydrogen) atoms. The van der Waals surface area contributed by atoms with Gasteiger partial charge in [0.2, 0.25) is 0 Å². The fraction of sp³-hybridized carbons (Fsp3) is 0.571. The van der Waals surface area contributed by atoms with E-state index in [4.69, 9.17) is 0 Å². The number of hydrogen-bond donors (Lipinski definition) is 0. The summed E-state index contributed by atoms with van der Waals surface area (Å²) in [4.78, 5) is 51.9. The summed E-state index contributed by atoms with van der Waals surface area (Å²) in [5.41, 5.74) is 1.66. The van der Waals surface area contributed by atoms with Gasteiger partial charge >= 0.3 is 0 Å². The molecule has 0 saturated carbocycles. The third-order valence-electron chi connectivity index (χ3n) is 6.82. The molecule has 2 aliphatic heterocycles.